The molecule has 0 saturated carbocycles. The van der Waals surface area contributed by atoms with Crippen LogP contribution in [0.25, 0.3) is 0 Å². The zero-order chi connectivity index (χ0) is 38.7. The quantitative estimate of drug-likeness (QED) is 0.102. The summed E-state index contributed by atoms with van der Waals surface area (Å²) in [7, 11) is 0. The van der Waals surface area contributed by atoms with Gasteiger partial charge in [-0.15, -0.1) is 0 Å². The van der Waals surface area contributed by atoms with E-state index in [0.717, 1.165) is 24.0 Å². The molecule has 0 fully saturated rings. The van der Waals surface area contributed by atoms with Gasteiger partial charge in [0, 0.05) is 5.56 Å². The van der Waals surface area contributed by atoms with Crippen molar-refractivity contribution in [3.05, 3.63) is 70.7 Å². The average molecular weight is 741 g/mol. The molecule has 0 saturated heterocycles. The largest absolute Gasteiger partial charge is 0.504 e. The number of phenols is 1. The van der Waals surface area contributed by atoms with Crippen LogP contribution in [-0.4, -0.2) is 41.2 Å². The lowest BCUT2D eigenvalue weighted by Gasteiger charge is -2.31. The van der Waals surface area contributed by atoms with E-state index < -0.39 is 63.9 Å². The number of ether oxygens (including phenoxy) is 1. The molecule has 3 aromatic rings. The number of nitrogens with two attached hydrogens (primary N) is 1. The van der Waals surface area contributed by atoms with Crippen LogP contribution in [0.2, 0.25) is 5.02 Å². The zero-order valence-electron chi connectivity index (χ0n) is 29.3. The van der Waals surface area contributed by atoms with Crippen LogP contribution in [0.3, 0.4) is 0 Å². The smallest absolute Gasteiger partial charge is 0.463 e. The minimum absolute atomic E-state index is 0.0270. The van der Waals surface area contributed by atoms with Crippen LogP contribution >= 0.6 is 11.6 Å². The van der Waals surface area contributed by atoms with E-state index in [1.165, 1.54) is 29.6 Å². The maximum atomic E-state index is 13.9. The Morgan fingerprint density at radius 3 is 2.00 bits per heavy atom. The van der Waals surface area contributed by atoms with Crippen molar-refractivity contribution in [2.75, 3.05) is 15.5 Å². The Morgan fingerprint density at radius 1 is 0.902 bits per heavy atom. The summed E-state index contributed by atoms with van der Waals surface area (Å²) in [5, 5.41) is 14.5. The second kappa shape index (κ2) is 15.3. The van der Waals surface area contributed by atoms with Crippen molar-refractivity contribution in [1.29, 1.82) is 0 Å². The third-order valence-electron chi connectivity index (χ3n) is 9.01. The highest BCUT2D eigenvalue weighted by atomic mass is 35.5. The lowest BCUT2D eigenvalue weighted by molar-refractivity contribution is -0.267. The van der Waals surface area contributed by atoms with Crippen LogP contribution in [0.5, 0.6) is 11.5 Å². The Morgan fingerprint density at radius 2 is 1.49 bits per heavy atom. The SMILES string of the molecule is CCC(Oc1ccc(C(C)(C)CC)cc1C(C)(C)CC)C(=O)Nc1c(Cl)cc(NC(=O)C(F)(F)C(F)(F)F)c(O)c1N(C(N)=O)c1ccccc1. The van der Waals surface area contributed by atoms with Crippen LogP contribution in [0, 0.1) is 0 Å². The van der Waals surface area contributed by atoms with Crippen molar-refractivity contribution < 1.29 is 46.2 Å². The zero-order valence-corrected chi connectivity index (χ0v) is 30.0. The summed E-state index contributed by atoms with van der Waals surface area (Å²) in [6.07, 6.45) is -5.76. The number of amides is 4. The number of hydrogen-bond acceptors (Lipinski definition) is 5. The van der Waals surface area contributed by atoms with Gasteiger partial charge in [-0.05, 0) is 59.9 Å². The summed E-state index contributed by atoms with van der Waals surface area (Å²) in [5.74, 6) is -10.3. The van der Waals surface area contributed by atoms with Crippen molar-refractivity contribution in [3.63, 3.8) is 0 Å². The number of aromatic hydroxyl groups is 1. The van der Waals surface area contributed by atoms with E-state index in [0.29, 0.717) is 16.7 Å². The number of phenolic OH excluding ortho intramolecular Hbond substituents is 1. The van der Waals surface area contributed by atoms with Gasteiger partial charge in [0.25, 0.3) is 5.91 Å². The molecule has 3 aromatic carbocycles. The van der Waals surface area contributed by atoms with Crippen molar-refractivity contribution in [2.24, 2.45) is 5.73 Å². The van der Waals surface area contributed by atoms with E-state index in [1.807, 2.05) is 26.8 Å². The fraction of sp³-hybridized carbons (Fsp3) is 0.417. The molecule has 278 valence electrons. The first-order valence-corrected chi connectivity index (χ1v) is 16.5. The molecule has 51 heavy (non-hydrogen) atoms. The third-order valence-corrected chi connectivity index (χ3v) is 9.31. The number of benzene rings is 3. The van der Waals surface area contributed by atoms with E-state index in [-0.39, 0.29) is 22.9 Å². The van der Waals surface area contributed by atoms with Gasteiger partial charge in [-0.25, -0.2) is 4.79 Å². The Kier molecular flexibility index (Phi) is 12.3. The lowest BCUT2D eigenvalue weighted by Crippen LogP contribution is -2.47. The number of carbonyl (C=O) groups is 3. The van der Waals surface area contributed by atoms with Gasteiger partial charge in [0.05, 0.1) is 22.1 Å². The Labute approximate surface area is 298 Å². The Bertz CT molecular complexity index is 1770. The second-order valence-corrected chi connectivity index (χ2v) is 13.6. The number of primary amides is 1. The number of alkyl halides is 5. The molecule has 1 unspecified atom stereocenters. The van der Waals surface area contributed by atoms with Crippen molar-refractivity contribution >= 4 is 52.2 Å². The first-order valence-electron chi connectivity index (χ1n) is 16.1. The number of nitrogens with one attached hydrogen (secondary N) is 2. The second-order valence-electron chi connectivity index (χ2n) is 13.2. The molecule has 4 amide bonds. The highest BCUT2D eigenvalue weighted by Gasteiger charge is 2.63. The molecule has 0 heterocycles. The summed E-state index contributed by atoms with van der Waals surface area (Å²) in [5.41, 5.74) is 4.79. The molecule has 5 N–H and O–H groups in total. The topological polar surface area (TPSA) is 134 Å². The van der Waals surface area contributed by atoms with Gasteiger partial charge in [0.2, 0.25) is 0 Å². The molecule has 0 aromatic heterocycles. The number of nitrogens with zero attached hydrogens (tertiary/aromatic N) is 1. The van der Waals surface area contributed by atoms with Crippen LogP contribution in [0.1, 0.15) is 78.9 Å². The first kappa shape index (κ1) is 40.8. The average Bonchev–Trinajstić information content (AvgIpc) is 3.06. The molecular weight excluding hydrogens is 699 g/mol. The van der Waals surface area contributed by atoms with Crippen molar-refractivity contribution in [1.82, 2.24) is 0 Å². The number of carbonyl (C=O) groups excluding carboxylic acids is 3. The number of para-hydroxylation sites is 1. The normalized spacial score (nSPS) is 13.0. The number of rotatable bonds is 13. The van der Waals surface area contributed by atoms with Gasteiger partial charge in [-0.3, -0.25) is 14.5 Å². The fourth-order valence-corrected chi connectivity index (χ4v) is 5.23. The van der Waals surface area contributed by atoms with Gasteiger partial charge in [-0.1, -0.05) is 90.4 Å². The Hall–Kier alpha value is -4.59. The van der Waals surface area contributed by atoms with Gasteiger partial charge in [0.1, 0.15) is 11.4 Å². The summed E-state index contributed by atoms with van der Waals surface area (Å²) >= 11 is 6.45. The van der Waals surface area contributed by atoms with Gasteiger partial charge < -0.3 is 26.2 Å². The van der Waals surface area contributed by atoms with Crippen LogP contribution in [0.4, 0.5) is 49.5 Å². The van der Waals surface area contributed by atoms with Crippen LogP contribution in [-0.2, 0) is 20.4 Å². The van der Waals surface area contributed by atoms with Gasteiger partial charge in [0.15, 0.2) is 11.9 Å². The third kappa shape index (κ3) is 8.66. The van der Waals surface area contributed by atoms with Crippen molar-refractivity contribution in [2.45, 2.75) is 96.8 Å². The predicted octanol–water partition coefficient (Wildman–Crippen LogP) is 9.57. The summed E-state index contributed by atoms with van der Waals surface area (Å²) in [6, 6.07) is 12.3. The van der Waals surface area contributed by atoms with E-state index >= 15 is 0 Å². The molecule has 1 atom stereocenters. The summed E-state index contributed by atoms with van der Waals surface area (Å²) < 4.78 is 72.9. The van der Waals surface area contributed by atoms with Crippen LogP contribution < -0.4 is 26.0 Å². The number of urea groups is 1. The lowest BCUT2D eigenvalue weighted by atomic mass is 9.76. The molecule has 0 bridgehead atoms. The highest BCUT2D eigenvalue weighted by Crippen LogP contribution is 2.49. The van der Waals surface area contributed by atoms with Crippen LogP contribution in [0.15, 0.2) is 54.6 Å². The minimum Gasteiger partial charge on any atom is -0.504 e. The number of halogens is 6. The van der Waals surface area contributed by atoms with Crippen molar-refractivity contribution in [3.8, 4) is 11.5 Å². The molecule has 15 heteroatoms. The van der Waals surface area contributed by atoms with Gasteiger partial charge >= 0.3 is 24.0 Å². The molecule has 0 aliphatic carbocycles. The highest BCUT2D eigenvalue weighted by molar-refractivity contribution is 6.36. The molecule has 0 aliphatic heterocycles. The molecular formula is C36H42ClF5N4O5. The first-order chi connectivity index (χ1) is 23.5. The standard InChI is InChI=1S/C36H42ClF5N4O5/c1-8-25(51-26-17-16-20(33(4,5)9-2)18-22(26)34(6,7)10-3)30(48)45-27-23(37)19-24(44-31(49)35(38,39)36(40,41)42)29(47)28(27)46(32(43)50)21-14-12-11-13-15-21/h11-19,25,47H,8-10H2,1-7H3,(H2,43,50)(H,44,49)(H,45,48). The molecule has 0 radical (unpaired) electrons. The monoisotopic (exact) mass is 740 g/mol. The van der Waals surface area contributed by atoms with E-state index in [2.05, 4.69) is 32.2 Å². The molecule has 0 spiro atoms. The molecule has 3 rings (SSSR count). The van der Waals surface area contributed by atoms with E-state index in [4.69, 9.17) is 22.1 Å². The Balaban J connectivity index is 2.17. The minimum atomic E-state index is -6.27. The maximum Gasteiger partial charge on any atom is 0.463 e. The summed E-state index contributed by atoms with van der Waals surface area (Å²) in [4.78, 5) is 39.4. The fourth-order valence-electron chi connectivity index (χ4n) is 4.99. The molecule has 9 nitrogen and oxygen atoms in total. The maximum absolute atomic E-state index is 13.9. The summed E-state index contributed by atoms with van der Waals surface area (Å²) in [6.45, 7) is 14.1. The van der Waals surface area contributed by atoms with E-state index in [9.17, 15) is 41.4 Å². The van der Waals surface area contributed by atoms with E-state index in [1.54, 1.807) is 19.1 Å². The molecule has 0 aliphatic rings. The van der Waals surface area contributed by atoms with Gasteiger partial charge in [-0.2, -0.15) is 22.0 Å². The number of hydrogen-bond donors (Lipinski definition) is 4. The number of anilines is 4. The predicted molar refractivity (Wildman–Crippen MR) is 187 cm³/mol.